The molecule has 2 rings (SSSR count). The van der Waals surface area contributed by atoms with Crippen molar-refractivity contribution in [3.05, 3.63) is 41.5 Å². The van der Waals surface area contributed by atoms with E-state index in [1.807, 2.05) is 9.85 Å². The molecule has 0 N–H and O–H groups in total. The summed E-state index contributed by atoms with van der Waals surface area (Å²) in [4.78, 5) is 0. The van der Waals surface area contributed by atoms with Gasteiger partial charge in [0.05, 0.1) is 0 Å². The molecule has 0 saturated heterocycles. The van der Waals surface area contributed by atoms with Gasteiger partial charge in [-0.25, -0.2) is 0 Å². The predicted octanol–water partition coefficient (Wildman–Crippen LogP) is 1.26. The SMILES string of the molecule is [SiH2]=C1CC=Cc2ccccc21. The fraction of sp³-hybridized carbons (Fsp3) is 0.100. The average molecular weight is 158 g/mol. The molecule has 11 heavy (non-hydrogen) atoms. The third-order valence-electron chi connectivity index (χ3n) is 2.00. The lowest BCUT2D eigenvalue weighted by Crippen LogP contribution is -2.05. The first-order chi connectivity index (χ1) is 5.38. The smallest absolute Gasteiger partial charge is 0.0138 e. The molecule has 1 aromatic rings. The van der Waals surface area contributed by atoms with Crippen LogP contribution in [-0.2, 0) is 0 Å². The highest BCUT2D eigenvalue weighted by Gasteiger charge is 2.04. The minimum atomic E-state index is 1.12. The second-order valence-electron chi connectivity index (χ2n) is 2.80. The molecule has 0 bridgehead atoms. The standard InChI is InChI=1S/C10H10Si/c11-10-7-3-5-8-4-1-2-6-9(8)10/h1-6H,7,11H2. The molecule has 1 aliphatic carbocycles. The van der Waals surface area contributed by atoms with Gasteiger partial charge in [0.1, 0.15) is 0 Å². The molecule has 0 amide bonds. The van der Waals surface area contributed by atoms with Gasteiger partial charge >= 0.3 is 0 Å². The van der Waals surface area contributed by atoms with Crippen LogP contribution < -0.4 is 0 Å². The molecule has 0 fully saturated rings. The summed E-state index contributed by atoms with van der Waals surface area (Å²) in [5, 5.41) is 1.50. The Morgan fingerprint density at radius 2 is 2.00 bits per heavy atom. The molecular formula is C10H10Si. The van der Waals surface area contributed by atoms with Crippen molar-refractivity contribution >= 4 is 21.1 Å². The van der Waals surface area contributed by atoms with Crippen molar-refractivity contribution in [1.82, 2.24) is 0 Å². The van der Waals surface area contributed by atoms with Gasteiger partial charge in [-0.3, -0.25) is 0 Å². The van der Waals surface area contributed by atoms with Crippen LogP contribution in [0.25, 0.3) is 6.08 Å². The maximum atomic E-state index is 2.23. The summed E-state index contributed by atoms with van der Waals surface area (Å²) in [6.45, 7) is 0. The molecule has 1 heteroatoms. The van der Waals surface area contributed by atoms with E-state index in [9.17, 15) is 0 Å². The lowest BCUT2D eigenvalue weighted by atomic mass is 9.97. The summed E-state index contributed by atoms with van der Waals surface area (Å²) >= 11 is 0. The molecule has 1 aliphatic rings. The maximum Gasteiger partial charge on any atom is -0.0138 e. The van der Waals surface area contributed by atoms with Crippen molar-refractivity contribution in [1.29, 1.82) is 0 Å². The number of fused-ring (bicyclic) bond motifs is 1. The maximum absolute atomic E-state index is 2.23. The van der Waals surface area contributed by atoms with E-state index in [-0.39, 0.29) is 0 Å². The van der Waals surface area contributed by atoms with E-state index in [0.717, 1.165) is 6.42 Å². The topological polar surface area (TPSA) is 0 Å². The van der Waals surface area contributed by atoms with Gasteiger partial charge in [0, 0.05) is 0 Å². The van der Waals surface area contributed by atoms with E-state index >= 15 is 0 Å². The predicted molar refractivity (Wildman–Crippen MR) is 52.7 cm³/mol. The molecule has 0 heterocycles. The monoisotopic (exact) mass is 158 g/mol. The van der Waals surface area contributed by atoms with E-state index in [0.29, 0.717) is 0 Å². The van der Waals surface area contributed by atoms with Gasteiger partial charge in [-0.15, -0.1) is 0 Å². The van der Waals surface area contributed by atoms with Crippen molar-refractivity contribution in [3.63, 3.8) is 0 Å². The van der Waals surface area contributed by atoms with Crippen LogP contribution in [-0.4, -0.2) is 15.0 Å². The fourth-order valence-electron chi connectivity index (χ4n) is 1.40. The Balaban J connectivity index is 2.63. The Morgan fingerprint density at radius 3 is 2.82 bits per heavy atom. The molecule has 0 nitrogen and oxygen atoms in total. The fourth-order valence-corrected chi connectivity index (χ4v) is 1.89. The van der Waals surface area contributed by atoms with Crippen molar-refractivity contribution in [3.8, 4) is 0 Å². The van der Waals surface area contributed by atoms with Gasteiger partial charge in [0.2, 0.25) is 0 Å². The number of hydrogen-bond acceptors (Lipinski definition) is 0. The summed E-state index contributed by atoms with van der Waals surface area (Å²) in [6, 6.07) is 8.55. The van der Waals surface area contributed by atoms with E-state index in [2.05, 4.69) is 36.4 Å². The van der Waals surface area contributed by atoms with Crippen molar-refractivity contribution in [2.75, 3.05) is 0 Å². The first-order valence-electron chi connectivity index (χ1n) is 3.81. The van der Waals surface area contributed by atoms with Crippen LogP contribution in [0.1, 0.15) is 17.5 Å². The zero-order valence-corrected chi connectivity index (χ0v) is 7.79. The summed E-state index contributed by atoms with van der Waals surface area (Å²) in [5.74, 6) is 0. The molecule has 0 atom stereocenters. The molecule has 0 spiro atoms. The van der Waals surface area contributed by atoms with Gasteiger partial charge in [-0.2, -0.15) is 0 Å². The Labute approximate surface area is 69.6 Å². The van der Waals surface area contributed by atoms with Gasteiger partial charge in [-0.1, -0.05) is 41.6 Å². The highest BCUT2D eigenvalue weighted by Crippen LogP contribution is 2.17. The zero-order chi connectivity index (χ0) is 7.68. The van der Waals surface area contributed by atoms with E-state index < -0.39 is 0 Å². The van der Waals surface area contributed by atoms with Crippen molar-refractivity contribution < 1.29 is 0 Å². The number of rotatable bonds is 0. The van der Waals surface area contributed by atoms with Crippen LogP contribution in [0.3, 0.4) is 0 Å². The summed E-state index contributed by atoms with van der Waals surface area (Å²) in [7, 11) is 2.00. The second-order valence-corrected chi connectivity index (χ2v) is 3.65. The van der Waals surface area contributed by atoms with Crippen LogP contribution in [0.15, 0.2) is 30.3 Å². The van der Waals surface area contributed by atoms with Gasteiger partial charge in [-0.05, 0) is 27.4 Å². The quantitative estimate of drug-likeness (QED) is 0.499. The summed E-state index contributed by atoms with van der Waals surface area (Å²) < 4.78 is 0. The molecule has 0 aliphatic heterocycles. The van der Waals surface area contributed by atoms with Gasteiger partial charge < -0.3 is 0 Å². The third-order valence-corrected chi connectivity index (χ3v) is 2.67. The zero-order valence-electron chi connectivity index (χ0n) is 6.38. The van der Waals surface area contributed by atoms with E-state index in [1.54, 1.807) is 0 Å². The van der Waals surface area contributed by atoms with Gasteiger partial charge in [0.15, 0.2) is 0 Å². The van der Waals surface area contributed by atoms with Crippen LogP contribution in [0.2, 0.25) is 0 Å². The van der Waals surface area contributed by atoms with Crippen LogP contribution >= 0.6 is 0 Å². The second kappa shape index (κ2) is 2.59. The number of benzene rings is 1. The Kier molecular flexibility index (Phi) is 1.58. The lowest BCUT2D eigenvalue weighted by molar-refractivity contribution is 1.45. The lowest BCUT2D eigenvalue weighted by Gasteiger charge is -2.11. The highest BCUT2D eigenvalue weighted by molar-refractivity contribution is 6.44. The minimum Gasteiger partial charge on any atom is -0.0799 e. The van der Waals surface area contributed by atoms with Crippen molar-refractivity contribution in [2.24, 2.45) is 0 Å². The van der Waals surface area contributed by atoms with Crippen LogP contribution in [0.4, 0.5) is 0 Å². The summed E-state index contributed by atoms with van der Waals surface area (Å²) in [5.41, 5.74) is 2.79. The average Bonchev–Trinajstić information content (AvgIpc) is 2.06. The molecular weight excluding hydrogens is 148 g/mol. The third kappa shape index (κ3) is 1.12. The summed E-state index contributed by atoms with van der Waals surface area (Å²) in [6.07, 6.45) is 5.55. The molecule has 0 aromatic heterocycles. The Bertz CT molecular complexity index is 323. The first kappa shape index (κ1) is 6.74. The number of allylic oxidation sites excluding steroid dienone is 1. The molecule has 0 saturated carbocycles. The van der Waals surface area contributed by atoms with E-state index in [4.69, 9.17) is 0 Å². The minimum absolute atomic E-state index is 1.12. The Hall–Kier alpha value is -0.953. The van der Waals surface area contributed by atoms with Crippen LogP contribution in [0.5, 0.6) is 0 Å². The van der Waals surface area contributed by atoms with Crippen molar-refractivity contribution in [2.45, 2.75) is 6.42 Å². The molecule has 1 aromatic carbocycles. The number of hydrogen-bond donors (Lipinski definition) is 0. The molecule has 0 unspecified atom stereocenters. The Morgan fingerprint density at radius 1 is 1.18 bits per heavy atom. The first-order valence-corrected chi connectivity index (χ1v) is 4.52. The largest absolute Gasteiger partial charge is 0.0799 e. The molecule has 54 valence electrons. The highest BCUT2D eigenvalue weighted by atomic mass is 28.1. The molecule has 0 radical (unpaired) electrons. The van der Waals surface area contributed by atoms with Gasteiger partial charge in [0.25, 0.3) is 0 Å². The normalized spacial score (nSPS) is 14.7. The van der Waals surface area contributed by atoms with E-state index in [1.165, 1.54) is 16.3 Å². The van der Waals surface area contributed by atoms with Crippen LogP contribution in [0, 0.1) is 0 Å².